The number of carbonyl (C=O) groups excluding carboxylic acids is 1. The molecule has 0 spiro atoms. The van der Waals surface area contributed by atoms with Crippen molar-refractivity contribution < 1.29 is 24.1 Å². The number of aliphatic hydroxyl groups is 1. The summed E-state index contributed by atoms with van der Waals surface area (Å²) in [7, 11) is 4.74. The largest absolute Gasteiger partial charge is 0.493 e. The van der Waals surface area contributed by atoms with Crippen LogP contribution in [-0.2, 0) is 9.53 Å². The molecule has 0 amide bonds. The molecule has 2 rings (SSSR count). The fourth-order valence-corrected chi connectivity index (χ4v) is 3.72. The highest BCUT2D eigenvalue weighted by Gasteiger charge is 2.47. The molecule has 1 aromatic carbocycles. The Hall–Kier alpha value is -2.11. The molecule has 0 saturated heterocycles. The molecular weight excluding hydrogens is 332 g/mol. The van der Waals surface area contributed by atoms with Crippen molar-refractivity contribution in [3.63, 3.8) is 0 Å². The summed E-state index contributed by atoms with van der Waals surface area (Å²) in [6.07, 6.45) is 5.06. The second-order valence-corrected chi connectivity index (χ2v) is 6.70. The molecule has 0 aliphatic heterocycles. The maximum atomic E-state index is 12.8. The Morgan fingerprint density at radius 2 is 2.00 bits per heavy atom. The first-order valence-corrected chi connectivity index (χ1v) is 8.69. The van der Waals surface area contributed by atoms with Gasteiger partial charge in [-0.1, -0.05) is 25.1 Å². The summed E-state index contributed by atoms with van der Waals surface area (Å²) in [6.45, 7) is 5.71. The molecule has 0 aromatic heterocycles. The highest BCUT2D eigenvalue weighted by Crippen LogP contribution is 2.47. The fraction of sp³-hybridized carbons (Fsp3) is 0.476. The number of hydrogen-bond acceptors (Lipinski definition) is 5. The van der Waals surface area contributed by atoms with Gasteiger partial charge in [0.2, 0.25) is 0 Å². The summed E-state index contributed by atoms with van der Waals surface area (Å²) in [5, 5.41) is 11.0. The number of allylic oxidation sites excluding steroid dienone is 2. The lowest BCUT2D eigenvalue weighted by molar-refractivity contribution is -0.133. The van der Waals surface area contributed by atoms with Gasteiger partial charge in [-0.2, -0.15) is 0 Å². The zero-order valence-electron chi connectivity index (χ0n) is 15.9. The summed E-state index contributed by atoms with van der Waals surface area (Å²) in [4.78, 5) is 12.8. The third kappa shape index (κ3) is 3.69. The van der Waals surface area contributed by atoms with Crippen molar-refractivity contribution in [2.45, 2.75) is 32.0 Å². The van der Waals surface area contributed by atoms with Gasteiger partial charge in [-0.15, -0.1) is 6.58 Å². The minimum atomic E-state index is -0.845. The van der Waals surface area contributed by atoms with Gasteiger partial charge in [0.1, 0.15) is 0 Å². The Labute approximate surface area is 155 Å². The van der Waals surface area contributed by atoms with Gasteiger partial charge in [0.25, 0.3) is 0 Å². The van der Waals surface area contributed by atoms with Crippen molar-refractivity contribution in [1.29, 1.82) is 0 Å². The van der Waals surface area contributed by atoms with E-state index in [0.29, 0.717) is 29.9 Å². The van der Waals surface area contributed by atoms with Crippen molar-refractivity contribution in [2.24, 2.45) is 11.3 Å². The van der Waals surface area contributed by atoms with E-state index in [0.717, 1.165) is 0 Å². The van der Waals surface area contributed by atoms with E-state index in [1.807, 2.05) is 6.92 Å². The first kappa shape index (κ1) is 20.2. The summed E-state index contributed by atoms with van der Waals surface area (Å²) in [6, 6.07) is 5.30. The van der Waals surface area contributed by atoms with Crippen LogP contribution in [0.15, 0.2) is 43.0 Å². The van der Waals surface area contributed by atoms with Crippen LogP contribution in [0, 0.1) is 11.3 Å². The molecule has 1 aliphatic carbocycles. The molecule has 26 heavy (non-hydrogen) atoms. The van der Waals surface area contributed by atoms with Crippen LogP contribution in [0.3, 0.4) is 0 Å². The number of carbonyl (C=O) groups is 1. The summed E-state index contributed by atoms with van der Waals surface area (Å²) >= 11 is 0. The van der Waals surface area contributed by atoms with E-state index < -0.39 is 11.5 Å². The Morgan fingerprint density at radius 1 is 1.31 bits per heavy atom. The van der Waals surface area contributed by atoms with Crippen molar-refractivity contribution in [3.8, 4) is 11.5 Å². The zero-order valence-corrected chi connectivity index (χ0v) is 15.9. The van der Waals surface area contributed by atoms with Gasteiger partial charge in [-0.3, -0.25) is 4.79 Å². The lowest BCUT2D eigenvalue weighted by Gasteiger charge is -2.42. The normalized spacial score (nSPS) is 24.8. The average Bonchev–Trinajstić information content (AvgIpc) is 2.68. The Morgan fingerprint density at radius 3 is 2.58 bits per heavy atom. The minimum Gasteiger partial charge on any atom is -0.493 e. The highest BCUT2D eigenvalue weighted by atomic mass is 16.5. The SMILES string of the molecule is C=CCC1(C(C)C(O)c2ccc(OC)c(OC)c2)CC(OC)C=CC1=O. The van der Waals surface area contributed by atoms with E-state index in [1.54, 1.807) is 57.8 Å². The third-order valence-electron chi connectivity index (χ3n) is 5.42. The maximum absolute atomic E-state index is 12.8. The summed E-state index contributed by atoms with van der Waals surface area (Å²) in [5.74, 6) is 0.790. The zero-order chi connectivity index (χ0) is 19.3. The Kier molecular flexibility index (Phi) is 6.62. The van der Waals surface area contributed by atoms with Gasteiger partial charge < -0.3 is 19.3 Å². The standard InChI is InChI=1S/C21H28O5/c1-6-11-21(13-16(24-3)8-10-19(21)22)14(2)20(23)15-7-9-17(25-4)18(12-15)26-5/h6-10,12,14,16,20,23H,1,11,13H2,2-5H3. The molecule has 0 saturated carbocycles. The van der Waals surface area contributed by atoms with E-state index in [-0.39, 0.29) is 17.8 Å². The van der Waals surface area contributed by atoms with E-state index in [9.17, 15) is 9.90 Å². The molecule has 5 nitrogen and oxygen atoms in total. The van der Waals surface area contributed by atoms with Crippen LogP contribution >= 0.6 is 0 Å². The van der Waals surface area contributed by atoms with Crippen LogP contribution in [0.2, 0.25) is 0 Å². The van der Waals surface area contributed by atoms with E-state index in [4.69, 9.17) is 14.2 Å². The molecule has 1 aromatic rings. The van der Waals surface area contributed by atoms with Crippen LogP contribution in [0.5, 0.6) is 11.5 Å². The molecule has 1 N–H and O–H groups in total. The summed E-state index contributed by atoms with van der Waals surface area (Å²) in [5.41, 5.74) is -0.0843. The predicted octanol–water partition coefficient (Wildman–Crippen LogP) is 3.48. The third-order valence-corrected chi connectivity index (χ3v) is 5.42. The monoisotopic (exact) mass is 360 g/mol. The fourth-order valence-electron chi connectivity index (χ4n) is 3.72. The van der Waals surface area contributed by atoms with Crippen molar-refractivity contribution >= 4 is 5.78 Å². The maximum Gasteiger partial charge on any atom is 0.162 e. The molecule has 0 fully saturated rings. The molecule has 0 heterocycles. The molecule has 1 aliphatic rings. The first-order chi connectivity index (χ1) is 12.4. The van der Waals surface area contributed by atoms with E-state index in [2.05, 4.69) is 6.58 Å². The molecule has 4 atom stereocenters. The number of benzene rings is 1. The quantitative estimate of drug-likeness (QED) is 0.719. The van der Waals surface area contributed by atoms with Crippen LogP contribution in [0.25, 0.3) is 0 Å². The van der Waals surface area contributed by atoms with Crippen molar-refractivity contribution in [2.75, 3.05) is 21.3 Å². The van der Waals surface area contributed by atoms with Gasteiger partial charge in [-0.05, 0) is 42.5 Å². The van der Waals surface area contributed by atoms with Crippen molar-refractivity contribution in [3.05, 3.63) is 48.6 Å². The second-order valence-electron chi connectivity index (χ2n) is 6.70. The number of ketones is 1. The predicted molar refractivity (Wildman–Crippen MR) is 100 cm³/mol. The van der Waals surface area contributed by atoms with E-state index in [1.165, 1.54) is 0 Å². The van der Waals surface area contributed by atoms with Gasteiger partial charge >= 0.3 is 0 Å². The minimum absolute atomic E-state index is 0.00210. The smallest absolute Gasteiger partial charge is 0.162 e. The van der Waals surface area contributed by atoms with Crippen LogP contribution < -0.4 is 9.47 Å². The summed E-state index contributed by atoms with van der Waals surface area (Å²) < 4.78 is 16.0. The highest BCUT2D eigenvalue weighted by molar-refractivity contribution is 5.96. The number of aliphatic hydroxyl groups excluding tert-OH is 1. The van der Waals surface area contributed by atoms with Gasteiger partial charge in [0.05, 0.1) is 26.4 Å². The Balaban J connectivity index is 2.40. The topological polar surface area (TPSA) is 65.0 Å². The van der Waals surface area contributed by atoms with Gasteiger partial charge in [0.15, 0.2) is 17.3 Å². The van der Waals surface area contributed by atoms with Gasteiger partial charge in [0, 0.05) is 12.5 Å². The number of ether oxygens (including phenoxy) is 3. The van der Waals surface area contributed by atoms with Crippen LogP contribution in [0.1, 0.15) is 31.4 Å². The van der Waals surface area contributed by atoms with Gasteiger partial charge in [-0.25, -0.2) is 0 Å². The molecule has 142 valence electrons. The molecule has 4 unspecified atom stereocenters. The van der Waals surface area contributed by atoms with Crippen LogP contribution in [0.4, 0.5) is 0 Å². The second kappa shape index (κ2) is 8.52. The lowest BCUT2D eigenvalue weighted by atomic mass is 9.62. The number of rotatable bonds is 8. The Bertz CT molecular complexity index is 681. The van der Waals surface area contributed by atoms with Crippen molar-refractivity contribution in [1.82, 2.24) is 0 Å². The number of methoxy groups -OCH3 is 3. The van der Waals surface area contributed by atoms with E-state index >= 15 is 0 Å². The van der Waals surface area contributed by atoms with Crippen LogP contribution in [-0.4, -0.2) is 38.3 Å². The molecule has 0 bridgehead atoms. The first-order valence-electron chi connectivity index (χ1n) is 8.69. The molecule has 0 radical (unpaired) electrons. The molecule has 5 heteroatoms. The average molecular weight is 360 g/mol. The lowest BCUT2D eigenvalue weighted by Crippen LogP contribution is -2.44. The molecular formula is C21H28O5. The number of hydrogen-bond donors (Lipinski definition) is 1.